The predicted molar refractivity (Wildman–Crippen MR) is 62.8 cm³/mol. The van der Waals surface area contributed by atoms with Gasteiger partial charge in [0.05, 0.1) is 11.0 Å². The average molecular weight is 206 g/mol. The van der Waals surface area contributed by atoms with Crippen LogP contribution < -0.4 is 0 Å². The summed E-state index contributed by atoms with van der Waals surface area (Å²) >= 11 is 4.54. The molecule has 1 N–H and O–H groups in total. The van der Waals surface area contributed by atoms with Crippen LogP contribution in [0.25, 0.3) is 11.0 Å². The van der Waals surface area contributed by atoms with Gasteiger partial charge in [0, 0.05) is 4.75 Å². The minimum atomic E-state index is -0.104. The molecule has 1 aromatic carbocycles. The normalized spacial score (nSPS) is 12.3. The molecule has 2 aromatic rings. The SMILES string of the molecule is Cc1nc2ccc(C(C)(C)S)cc2[nH]1. The molecule has 0 aliphatic heterocycles. The van der Waals surface area contributed by atoms with Crippen LogP contribution in [-0.2, 0) is 4.75 Å². The summed E-state index contributed by atoms with van der Waals surface area (Å²) in [5.74, 6) is 0.953. The molecular weight excluding hydrogens is 192 g/mol. The lowest BCUT2D eigenvalue weighted by Crippen LogP contribution is -2.06. The lowest BCUT2D eigenvalue weighted by atomic mass is 10.0. The van der Waals surface area contributed by atoms with Gasteiger partial charge >= 0.3 is 0 Å². The molecule has 0 amide bonds. The molecule has 3 heteroatoms. The smallest absolute Gasteiger partial charge is 0.104 e. The summed E-state index contributed by atoms with van der Waals surface area (Å²) < 4.78 is -0.104. The van der Waals surface area contributed by atoms with E-state index in [4.69, 9.17) is 0 Å². The Kier molecular flexibility index (Phi) is 2.07. The van der Waals surface area contributed by atoms with Crippen LogP contribution in [0.3, 0.4) is 0 Å². The van der Waals surface area contributed by atoms with Crippen molar-refractivity contribution in [2.24, 2.45) is 0 Å². The first kappa shape index (κ1) is 9.59. The van der Waals surface area contributed by atoms with Crippen LogP contribution in [-0.4, -0.2) is 9.97 Å². The second-order valence-corrected chi connectivity index (χ2v) is 5.23. The van der Waals surface area contributed by atoms with E-state index in [-0.39, 0.29) is 4.75 Å². The highest BCUT2D eigenvalue weighted by atomic mass is 32.1. The van der Waals surface area contributed by atoms with E-state index >= 15 is 0 Å². The van der Waals surface area contributed by atoms with Gasteiger partial charge < -0.3 is 4.98 Å². The number of benzene rings is 1. The molecule has 0 aliphatic carbocycles. The lowest BCUT2D eigenvalue weighted by molar-refractivity contribution is 0.792. The van der Waals surface area contributed by atoms with Gasteiger partial charge in [-0.3, -0.25) is 0 Å². The summed E-state index contributed by atoms with van der Waals surface area (Å²) in [5.41, 5.74) is 3.31. The number of nitrogens with zero attached hydrogens (tertiary/aromatic N) is 1. The Balaban J connectivity index is 2.62. The lowest BCUT2D eigenvalue weighted by Gasteiger charge is -2.17. The van der Waals surface area contributed by atoms with Crippen molar-refractivity contribution in [3.05, 3.63) is 29.6 Å². The fraction of sp³-hybridized carbons (Fsp3) is 0.364. The predicted octanol–water partition coefficient (Wildman–Crippen LogP) is 3.04. The first-order valence-corrected chi connectivity index (χ1v) is 5.11. The summed E-state index contributed by atoms with van der Waals surface area (Å²) in [5, 5.41) is 0. The summed E-state index contributed by atoms with van der Waals surface area (Å²) in [6.07, 6.45) is 0. The van der Waals surface area contributed by atoms with E-state index in [0.717, 1.165) is 16.9 Å². The third-order valence-electron chi connectivity index (χ3n) is 2.31. The standard InChI is InChI=1S/C11H14N2S/c1-7-12-9-5-4-8(11(2,3)14)6-10(9)13-7/h4-6,14H,1-3H3,(H,12,13). The Morgan fingerprint density at radius 1 is 1.36 bits per heavy atom. The molecular formula is C11H14N2S. The third kappa shape index (κ3) is 1.64. The Hall–Kier alpha value is -0.960. The molecule has 74 valence electrons. The highest BCUT2D eigenvalue weighted by molar-refractivity contribution is 7.81. The van der Waals surface area contributed by atoms with Crippen LogP contribution in [0.2, 0.25) is 0 Å². The average Bonchev–Trinajstić information content (AvgIpc) is 2.41. The van der Waals surface area contributed by atoms with Crippen molar-refractivity contribution in [1.29, 1.82) is 0 Å². The second-order valence-electron chi connectivity index (χ2n) is 4.11. The minimum Gasteiger partial charge on any atom is -0.342 e. The first-order valence-electron chi connectivity index (χ1n) is 4.66. The Morgan fingerprint density at radius 3 is 2.71 bits per heavy atom. The van der Waals surface area contributed by atoms with Gasteiger partial charge in [-0.1, -0.05) is 6.07 Å². The number of hydrogen-bond acceptors (Lipinski definition) is 2. The number of thiol groups is 1. The van der Waals surface area contributed by atoms with Crippen molar-refractivity contribution in [3.8, 4) is 0 Å². The molecule has 0 bridgehead atoms. The van der Waals surface area contributed by atoms with Crippen LogP contribution in [0.5, 0.6) is 0 Å². The first-order chi connectivity index (χ1) is 6.47. The van der Waals surface area contributed by atoms with Gasteiger partial charge in [-0.05, 0) is 38.5 Å². The number of fused-ring (bicyclic) bond motifs is 1. The van der Waals surface area contributed by atoms with Gasteiger partial charge in [-0.2, -0.15) is 12.6 Å². The van der Waals surface area contributed by atoms with Gasteiger partial charge in [-0.15, -0.1) is 0 Å². The largest absolute Gasteiger partial charge is 0.342 e. The summed E-state index contributed by atoms with van der Waals surface area (Å²) in [6, 6.07) is 6.23. The van der Waals surface area contributed by atoms with E-state index in [1.54, 1.807) is 0 Å². The maximum atomic E-state index is 4.54. The highest BCUT2D eigenvalue weighted by Crippen LogP contribution is 2.28. The van der Waals surface area contributed by atoms with Crippen LogP contribution in [0, 0.1) is 6.92 Å². The number of rotatable bonds is 1. The number of aryl methyl sites for hydroxylation is 1. The van der Waals surface area contributed by atoms with Crippen molar-refractivity contribution in [1.82, 2.24) is 9.97 Å². The van der Waals surface area contributed by atoms with E-state index in [9.17, 15) is 0 Å². The monoisotopic (exact) mass is 206 g/mol. The van der Waals surface area contributed by atoms with Gasteiger partial charge in [-0.25, -0.2) is 4.98 Å². The van der Waals surface area contributed by atoms with Crippen LogP contribution in [0.15, 0.2) is 18.2 Å². The number of imidazole rings is 1. The number of aromatic nitrogens is 2. The van der Waals surface area contributed by atoms with E-state index in [1.165, 1.54) is 5.56 Å². The molecule has 2 nitrogen and oxygen atoms in total. The number of aromatic amines is 1. The van der Waals surface area contributed by atoms with Gasteiger partial charge in [0.1, 0.15) is 5.82 Å². The van der Waals surface area contributed by atoms with Crippen molar-refractivity contribution >= 4 is 23.7 Å². The number of nitrogens with one attached hydrogen (secondary N) is 1. The molecule has 0 atom stereocenters. The van der Waals surface area contributed by atoms with E-state index in [1.807, 2.05) is 13.0 Å². The van der Waals surface area contributed by atoms with Crippen molar-refractivity contribution in [3.63, 3.8) is 0 Å². The molecule has 0 radical (unpaired) electrons. The van der Waals surface area contributed by atoms with Crippen LogP contribution >= 0.6 is 12.6 Å². The molecule has 0 unspecified atom stereocenters. The second kappa shape index (κ2) is 3.02. The highest BCUT2D eigenvalue weighted by Gasteiger charge is 2.15. The number of hydrogen-bond donors (Lipinski definition) is 2. The zero-order valence-electron chi connectivity index (χ0n) is 8.63. The maximum absolute atomic E-state index is 4.54. The van der Waals surface area contributed by atoms with Crippen molar-refractivity contribution in [2.75, 3.05) is 0 Å². The minimum absolute atomic E-state index is 0.104. The van der Waals surface area contributed by atoms with Gasteiger partial charge in [0.15, 0.2) is 0 Å². The molecule has 0 aliphatic rings. The van der Waals surface area contributed by atoms with Crippen molar-refractivity contribution < 1.29 is 0 Å². The Morgan fingerprint density at radius 2 is 2.07 bits per heavy atom. The molecule has 0 saturated carbocycles. The molecule has 2 rings (SSSR count). The summed E-state index contributed by atoms with van der Waals surface area (Å²) in [6.45, 7) is 6.13. The Labute approximate surface area is 89.2 Å². The fourth-order valence-electron chi connectivity index (χ4n) is 1.52. The van der Waals surface area contributed by atoms with Crippen LogP contribution in [0.1, 0.15) is 25.2 Å². The molecule has 0 saturated heterocycles. The third-order valence-corrected chi connectivity index (χ3v) is 2.56. The molecule has 1 aromatic heterocycles. The molecule has 0 fully saturated rings. The zero-order chi connectivity index (χ0) is 10.3. The summed E-state index contributed by atoms with van der Waals surface area (Å²) in [7, 11) is 0. The summed E-state index contributed by atoms with van der Waals surface area (Å²) in [4.78, 5) is 7.58. The fourth-order valence-corrected chi connectivity index (χ4v) is 1.66. The quantitative estimate of drug-likeness (QED) is 0.690. The van der Waals surface area contributed by atoms with E-state index in [2.05, 4.69) is 48.6 Å². The molecule has 1 heterocycles. The maximum Gasteiger partial charge on any atom is 0.104 e. The van der Waals surface area contributed by atoms with E-state index in [0.29, 0.717) is 0 Å². The van der Waals surface area contributed by atoms with Gasteiger partial charge in [0.25, 0.3) is 0 Å². The molecule has 0 spiro atoms. The van der Waals surface area contributed by atoms with Gasteiger partial charge in [0.2, 0.25) is 0 Å². The van der Waals surface area contributed by atoms with Crippen LogP contribution in [0.4, 0.5) is 0 Å². The Bertz CT molecular complexity index is 466. The van der Waals surface area contributed by atoms with E-state index < -0.39 is 0 Å². The molecule has 14 heavy (non-hydrogen) atoms. The topological polar surface area (TPSA) is 28.7 Å². The zero-order valence-corrected chi connectivity index (χ0v) is 9.52. The number of H-pyrrole nitrogens is 1. The van der Waals surface area contributed by atoms with Crippen molar-refractivity contribution in [2.45, 2.75) is 25.5 Å².